The normalized spacial score (nSPS) is 22.8. The van der Waals surface area contributed by atoms with E-state index < -0.39 is 5.60 Å². The van der Waals surface area contributed by atoms with Gasteiger partial charge >= 0.3 is 11.8 Å². The third kappa shape index (κ3) is 5.78. The lowest BCUT2D eigenvalue weighted by atomic mass is 10.00. The van der Waals surface area contributed by atoms with Crippen LogP contribution in [-0.4, -0.2) is 51.8 Å². The molecule has 1 aliphatic carbocycles. The first-order valence-corrected chi connectivity index (χ1v) is 12.3. The largest absolute Gasteiger partial charge is 0.444 e. The fourth-order valence-corrected chi connectivity index (χ4v) is 5.22. The number of hydrogen-bond acceptors (Lipinski definition) is 6. The molecule has 0 spiro atoms. The van der Waals surface area contributed by atoms with Gasteiger partial charge in [-0.15, -0.1) is 0 Å². The Morgan fingerprint density at radius 1 is 1.21 bits per heavy atom. The van der Waals surface area contributed by atoms with Crippen LogP contribution in [0.25, 0.3) is 5.69 Å². The Hall–Kier alpha value is -2.87. The highest BCUT2D eigenvalue weighted by molar-refractivity contribution is 5.67. The number of amides is 1. The van der Waals surface area contributed by atoms with Crippen LogP contribution in [0.15, 0.2) is 41.3 Å². The molecule has 1 saturated carbocycles. The maximum absolute atomic E-state index is 12.1. The maximum Gasteiger partial charge on any atom is 0.407 e. The van der Waals surface area contributed by atoms with E-state index >= 15 is 0 Å². The van der Waals surface area contributed by atoms with Gasteiger partial charge in [0, 0.05) is 31.9 Å². The van der Waals surface area contributed by atoms with E-state index in [0.29, 0.717) is 30.3 Å². The molecule has 1 aromatic heterocycles. The maximum atomic E-state index is 12.1. The van der Waals surface area contributed by atoms with E-state index in [1.165, 1.54) is 10.1 Å². The molecule has 3 atom stereocenters. The van der Waals surface area contributed by atoms with Crippen LogP contribution < -0.4 is 16.7 Å². The number of ether oxygens (including phenoxy) is 1. The third-order valence-corrected chi connectivity index (χ3v) is 6.93. The van der Waals surface area contributed by atoms with Crippen LogP contribution in [-0.2, 0) is 11.2 Å². The molecule has 34 heavy (non-hydrogen) atoms. The summed E-state index contributed by atoms with van der Waals surface area (Å²) in [7, 11) is 0. The van der Waals surface area contributed by atoms with Crippen molar-refractivity contribution in [2.75, 3.05) is 25.4 Å². The van der Waals surface area contributed by atoms with Crippen molar-refractivity contribution in [3.05, 3.63) is 52.6 Å². The summed E-state index contributed by atoms with van der Waals surface area (Å²) in [6, 6.07) is 10.3. The van der Waals surface area contributed by atoms with Gasteiger partial charge in [-0.25, -0.2) is 9.59 Å². The Morgan fingerprint density at radius 2 is 1.88 bits per heavy atom. The van der Waals surface area contributed by atoms with Gasteiger partial charge in [-0.2, -0.15) is 4.98 Å². The third-order valence-electron chi connectivity index (χ3n) is 6.93. The average molecular weight is 468 g/mol. The van der Waals surface area contributed by atoms with Crippen molar-refractivity contribution in [3.63, 3.8) is 0 Å². The second kappa shape index (κ2) is 9.78. The van der Waals surface area contributed by atoms with E-state index in [9.17, 15) is 9.59 Å². The molecule has 1 amide bonds. The second-order valence-electron chi connectivity index (χ2n) is 10.6. The fourth-order valence-electron chi connectivity index (χ4n) is 5.22. The minimum Gasteiger partial charge on any atom is -0.444 e. The highest BCUT2D eigenvalue weighted by atomic mass is 16.6. The zero-order valence-corrected chi connectivity index (χ0v) is 20.7. The summed E-state index contributed by atoms with van der Waals surface area (Å²) in [5.74, 6) is 2.13. The number of nitrogens with one attached hydrogen (secondary N) is 1. The van der Waals surface area contributed by atoms with Gasteiger partial charge in [-0.3, -0.25) is 9.47 Å². The second-order valence-corrected chi connectivity index (χ2v) is 10.6. The lowest BCUT2D eigenvalue weighted by molar-refractivity contribution is 0.0521. The van der Waals surface area contributed by atoms with Gasteiger partial charge in [0.25, 0.3) is 0 Å². The lowest BCUT2D eigenvalue weighted by Crippen LogP contribution is -2.39. The molecule has 2 aliphatic rings. The SMILES string of the molecule is CCCC(Cc1ccc(-n2ccc(N)nc2=O)cc1)N1CC2C(CNC(=O)OC(C)(C)C)C2C1. The van der Waals surface area contributed by atoms with Crippen molar-refractivity contribution in [1.82, 2.24) is 19.8 Å². The zero-order chi connectivity index (χ0) is 24.5. The summed E-state index contributed by atoms with van der Waals surface area (Å²) < 4.78 is 6.86. The van der Waals surface area contributed by atoms with Gasteiger partial charge in [0.05, 0.1) is 5.69 Å². The van der Waals surface area contributed by atoms with Crippen LogP contribution in [0.1, 0.15) is 46.1 Å². The van der Waals surface area contributed by atoms with Gasteiger partial charge in [0.15, 0.2) is 0 Å². The van der Waals surface area contributed by atoms with Crippen LogP contribution in [0.4, 0.5) is 10.6 Å². The predicted octanol–water partition coefficient (Wildman–Crippen LogP) is 3.23. The highest BCUT2D eigenvalue weighted by Gasteiger charge is 2.56. The number of likely N-dealkylation sites (tertiary alicyclic amines) is 1. The summed E-state index contributed by atoms with van der Waals surface area (Å²) >= 11 is 0. The van der Waals surface area contributed by atoms with Gasteiger partial charge < -0.3 is 15.8 Å². The topological polar surface area (TPSA) is 102 Å². The molecule has 8 heteroatoms. The molecule has 0 bridgehead atoms. The number of nitrogens with zero attached hydrogens (tertiary/aromatic N) is 3. The fraction of sp³-hybridized carbons (Fsp3) is 0.577. The van der Waals surface area contributed by atoms with E-state index in [2.05, 4.69) is 34.3 Å². The summed E-state index contributed by atoms with van der Waals surface area (Å²) in [5, 5.41) is 2.95. The first kappa shape index (κ1) is 24.3. The molecule has 2 heterocycles. The predicted molar refractivity (Wildman–Crippen MR) is 133 cm³/mol. The van der Waals surface area contributed by atoms with E-state index in [1.807, 2.05) is 32.9 Å². The first-order valence-electron chi connectivity index (χ1n) is 12.3. The molecule has 4 rings (SSSR count). The van der Waals surface area contributed by atoms with E-state index in [1.54, 1.807) is 12.3 Å². The summed E-state index contributed by atoms with van der Waals surface area (Å²) in [6.07, 6.45) is 4.63. The van der Waals surface area contributed by atoms with Crippen molar-refractivity contribution < 1.29 is 9.53 Å². The number of fused-ring (bicyclic) bond motifs is 1. The van der Waals surface area contributed by atoms with E-state index in [4.69, 9.17) is 10.5 Å². The molecular weight excluding hydrogens is 430 g/mol. The summed E-state index contributed by atoms with van der Waals surface area (Å²) in [5.41, 5.74) is 6.81. The van der Waals surface area contributed by atoms with Crippen LogP contribution in [0.5, 0.6) is 0 Å². The molecule has 3 N–H and O–H groups in total. The Balaban J connectivity index is 1.30. The number of nitrogen functional groups attached to an aromatic ring is 1. The molecular formula is C26H37N5O3. The number of nitrogens with two attached hydrogens (primary N) is 1. The van der Waals surface area contributed by atoms with Crippen molar-refractivity contribution in [2.24, 2.45) is 17.8 Å². The number of alkyl carbamates (subject to hydrolysis) is 1. The van der Waals surface area contributed by atoms with E-state index in [0.717, 1.165) is 38.0 Å². The van der Waals surface area contributed by atoms with Crippen LogP contribution in [0.3, 0.4) is 0 Å². The standard InChI is InChI=1S/C26H37N5O3/c1-5-6-19(13-17-7-9-18(10-8-17)31-12-11-23(27)29-24(31)32)30-15-21-20(22(21)16-30)14-28-25(33)34-26(2,3)4/h7-12,19-22H,5-6,13-16H2,1-4H3,(H,28,33)(H2,27,29,32). The Kier molecular flexibility index (Phi) is 6.98. The summed E-state index contributed by atoms with van der Waals surface area (Å²) in [6.45, 7) is 10.8. The average Bonchev–Trinajstić information content (AvgIpc) is 3.20. The lowest BCUT2D eigenvalue weighted by Gasteiger charge is -2.30. The zero-order valence-electron chi connectivity index (χ0n) is 20.7. The highest BCUT2D eigenvalue weighted by Crippen LogP contribution is 2.52. The number of benzene rings is 1. The minimum absolute atomic E-state index is 0.229. The minimum atomic E-state index is -0.464. The number of aromatic nitrogens is 2. The number of piperidine rings is 1. The molecule has 0 radical (unpaired) electrons. The van der Waals surface area contributed by atoms with Crippen LogP contribution in [0, 0.1) is 17.8 Å². The van der Waals surface area contributed by atoms with Crippen molar-refractivity contribution in [3.8, 4) is 5.69 Å². The van der Waals surface area contributed by atoms with Crippen molar-refractivity contribution >= 4 is 11.9 Å². The van der Waals surface area contributed by atoms with Crippen LogP contribution >= 0.6 is 0 Å². The molecule has 2 fully saturated rings. The van der Waals surface area contributed by atoms with Gasteiger partial charge in [-0.1, -0.05) is 25.5 Å². The quantitative estimate of drug-likeness (QED) is 0.618. The Morgan fingerprint density at radius 3 is 2.47 bits per heavy atom. The van der Waals surface area contributed by atoms with Crippen molar-refractivity contribution in [1.29, 1.82) is 0 Å². The van der Waals surface area contributed by atoms with Gasteiger partial charge in [-0.05, 0) is 75.1 Å². The molecule has 8 nitrogen and oxygen atoms in total. The molecule has 1 aromatic carbocycles. The smallest absolute Gasteiger partial charge is 0.407 e. The monoisotopic (exact) mass is 467 g/mol. The Bertz CT molecular complexity index is 1050. The van der Waals surface area contributed by atoms with Gasteiger partial charge in [0.2, 0.25) is 0 Å². The molecule has 2 aromatic rings. The molecule has 1 aliphatic heterocycles. The van der Waals surface area contributed by atoms with E-state index in [-0.39, 0.29) is 17.6 Å². The number of carbonyl (C=O) groups is 1. The number of anilines is 1. The molecule has 3 unspecified atom stereocenters. The number of hydrogen-bond donors (Lipinski definition) is 2. The molecule has 184 valence electrons. The van der Waals surface area contributed by atoms with Crippen LogP contribution in [0.2, 0.25) is 0 Å². The Labute approximate surface area is 201 Å². The van der Waals surface area contributed by atoms with Gasteiger partial charge in [0.1, 0.15) is 11.4 Å². The number of rotatable bonds is 8. The summed E-state index contributed by atoms with van der Waals surface area (Å²) in [4.78, 5) is 30.5. The first-order chi connectivity index (χ1) is 16.1. The van der Waals surface area contributed by atoms with Crippen molar-refractivity contribution in [2.45, 2.75) is 58.6 Å². The number of carbonyl (C=O) groups excluding carboxylic acids is 1. The molecule has 1 saturated heterocycles.